The first-order valence-corrected chi connectivity index (χ1v) is 11.8. The SMILES string of the molecule is CCC(C)N1C(=O)C2C(CCSC)NC3(C(=O)Nc4c(Cl)cc(C)cc43)C2C1=O. The van der Waals surface area contributed by atoms with Gasteiger partial charge in [0.25, 0.3) is 0 Å². The molecule has 3 aliphatic heterocycles. The van der Waals surface area contributed by atoms with E-state index in [9.17, 15) is 14.4 Å². The van der Waals surface area contributed by atoms with Crippen LogP contribution < -0.4 is 10.6 Å². The summed E-state index contributed by atoms with van der Waals surface area (Å²) in [4.78, 5) is 41.7. The molecule has 156 valence electrons. The average molecular weight is 436 g/mol. The van der Waals surface area contributed by atoms with Crippen LogP contribution in [0.5, 0.6) is 0 Å². The standard InChI is InChI=1S/C21H26ClN3O3S/c1-5-11(3)25-18(26)15-14(6-7-29-4)24-21(16(15)19(25)27)12-8-10(2)9-13(22)17(12)23-20(21)28/h8-9,11,14-16,24H,5-7H2,1-4H3,(H,23,28). The fourth-order valence-electron chi connectivity index (χ4n) is 5.13. The van der Waals surface area contributed by atoms with Crippen LogP contribution in [0.2, 0.25) is 5.02 Å². The fourth-order valence-corrected chi connectivity index (χ4v) is 5.94. The Labute approximate surface area is 180 Å². The van der Waals surface area contributed by atoms with Gasteiger partial charge in [0.1, 0.15) is 5.54 Å². The molecule has 0 radical (unpaired) electrons. The molecule has 29 heavy (non-hydrogen) atoms. The Bertz CT molecular complexity index is 907. The topological polar surface area (TPSA) is 78.5 Å². The predicted octanol–water partition coefficient (Wildman–Crippen LogP) is 2.92. The molecule has 0 aliphatic carbocycles. The van der Waals surface area contributed by atoms with Crippen LogP contribution in [-0.4, -0.2) is 46.7 Å². The van der Waals surface area contributed by atoms with E-state index < -0.39 is 17.4 Å². The lowest BCUT2D eigenvalue weighted by atomic mass is 9.76. The molecule has 1 spiro atoms. The highest BCUT2D eigenvalue weighted by atomic mass is 35.5. The molecule has 5 atom stereocenters. The predicted molar refractivity (Wildman–Crippen MR) is 115 cm³/mol. The van der Waals surface area contributed by atoms with Gasteiger partial charge in [-0.3, -0.25) is 24.6 Å². The summed E-state index contributed by atoms with van der Waals surface area (Å²) in [7, 11) is 0. The van der Waals surface area contributed by atoms with Crippen molar-refractivity contribution in [1.82, 2.24) is 10.2 Å². The van der Waals surface area contributed by atoms with Crippen molar-refractivity contribution in [3.63, 3.8) is 0 Å². The molecule has 4 rings (SSSR count). The number of likely N-dealkylation sites (tertiary alicyclic amines) is 1. The number of nitrogens with one attached hydrogen (secondary N) is 2. The summed E-state index contributed by atoms with van der Waals surface area (Å²) in [5.74, 6) is -1.17. The summed E-state index contributed by atoms with van der Waals surface area (Å²) in [6, 6.07) is 3.27. The van der Waals surface area contributed by atoms with Gasteiger partial charge < -0.3 is 5.32 Å². The van der Waals surface area contributed by atoms with Gasteiger partial charge in [0, 0.05) is 17.6 Å². The van der Waals surface area contributed by atoms with Gasteiger partial charge in [-0.15, -0.1) is 0 Å². The highest BCUT2D eigenvalue weighted by molar-refractivity contribution is 7.98. The second-order valence-electron chi connectivity index (χ2n) is 8.27. The van der Waals surface area contributed by atoms with E-state index in [4.69, 9.17) is 11.6 Å². The molecule has 0 aromatic heterocycles. The van der Waals surface area contributed by atoms with E-state index in [0.717, 1.165) is 11.3 Å². The Balaban J connectivity index is 1.89. The monoisotopic (exact) mass is 435 g/mol. The molecule has 0 bridgehead atoms. The van der Waals surface area contributed by atoms with Crippen LogP contribution in [0, 0.1) is 18.8 Å². The molecular formula is C21H26ClN3O3S. The van der Waals surface area contributed by atoms with Crippen LogP contribution in [0.15, 0.2) is 12.1 Å². The smallest absolute Gasteiger partial charge is 0.250 e. The number of amides is 3. The number of thioether (sulfide) groups is 1. The second kappa shape index (κ2) is 7.29. The molecule has 2 N–H and O–H groups in total. The summed E-state index contributed by atoms with van der Waals surface area (Å²) >= 11 is 8.11. The zero-order valence-corrected chi connectivity index (χ0v) is 18.6. The maximum Gasteiger partial charge on any atom is 0.250 e. The zero-order valence-electron chi connectivity index (χ0n) is 17.0. The number of hydrogen-bond acceptors (Lipinski definition) is 5. The van der Waals surface area contributed by atoms with Gasteiger partial charge in [0.15, 0.2) is 0 Å². The molecule has 2 saturated heterocycles. The Morgan fingerprint density at radius 2 is 2.00 bits per heavy atom. The largest absolute Gasteiger partial charge is 0.323 e. The lowest BCUT2D eigenvalue weighted by Gasteiger charge is -2.31. The molecule has 5 unspecified atom stereocenters. The molecule has 8 heteroatoms. The van der Waals surface area contributed by atoms with Crippen molar-refractivity contribution < 1.29 is 14.4 Å². The number of carbonyl (C=O) groups is 3. The maximum absolute atomic E-state index is 13.6. The third kappa shape index (κ3) is 2.77. The number of fused-ring (bicyclic) bond motifs is 4. The third-order valence-corrected chi connectivity index (χ3v) is 7.56. The number of benzene rings is 1. The number of nitrogens with zero attached hydrogens (tertiary/aromatic N) is 1. The van der Waals surface area contributed by atoms with Crippen LogP contribution in [0.3, 0.4) is 0 Å². The van der Waals surface area contributed by atoms with Crippen molar-refractivity contribution in [2.24, 2.45) is 11.8 Å². The van der Waals surface area contributed by atoms with E-state index in [1.807, 2.05) is 33.1 Å². The van der Waals surface area contributed by atoms with Crippen molar-refractivity contribution in [1.29, 1.82) is 0 Å². The summed E-state index contributed by atoms with van der Waals surface area (Å²) < 4.78 is 0. The number of carbonyl (C=O) groups excluding carboxylic acids is 3. The summed E-state index contributed by atoms with van der Waals surface area (Å²) in [5.41, 5.74) is 0.877. The molecular weight excluding hydrogens is 410 g/mol. The lowest BCUT2D eigenvalue weighted by molar-refractivity contribution is -0.145. The number of rotatable bonds is 5. The van der Waals surface area contributed by atoms with Gasteiger partial charge >= 0.3 is 0 Å². The van der Waals surface area contributed by atoms with Crippen molar-refractivity contribution in [2.45, 2.75) is 51.2 Å². The number of imide groups is 1. The van der Waals surface area contributed by atoms with Gasteiger partial charge in [0.05, 0.1) is 22.5 Å². The van der Waals surface area contributed by atoms with Crippen molar-refractivity contribution in [3.8, 4) is 0 Å². The van der Waals surface area contributed by atoms with E-state index in [1.54, 1.807) is 17.8 Å². The van der Waals surface area contributed by atoms with E-state index in [2.05, 4.69) is 10.6 Å². The molecule has 1 aromatic carbocycles. The maximum atomic E-state index is 13.6. The Hall–Kier alpha value is -1.57. The number of aryl methyl sites for hydroxylation is 1. The van der Waals surface area contributed by atoms with Gasteiger partial charge in [-0.25, -0.2) is 0 Å². The minimum atomic E-state index is -1.26. The minimum Gasteiger partial charge on any atom is -0.323 e. The van der Waals surface area contributed by atoms with Crippen LogP contribution in [-0.2, 0) is 19.9 Å². The molecule has 3 aliphatic rings. The van der Waals surface area contributed by atoms with E-state index >= 15 is 0 Å². The molecule has 1 aromatic rings. The van der Waals surface area contributed by atoms with Gasteiger partial charge in [0.2, 0.25) is 17.7 Å². The molecule has 0 saturated carbocycles. The normalized spacial score (nSPS) is 31.4. The Morgan fingerprint density at radius 3 is 2.66 bits per heavy atom. The quantitative estimate of drug-likeness (QED) is 0.695. The van der Waals surface area contributed by atoms with Crippen LogP contribution in [0.4, 0.5) is 5.69 Å². The first-order valence-electron chi connectivity index (χ1n) is 10.0. The zero-order chi connectivity index (χ0) is 21.1. The number of hydrogen-bond donors (Lipinski definition) is 2. The first-order chi connectivity index (χ1) is 13.8. The highest BCUT2D eigenvalue weighted by Crippen LogP contribution is 2.55. The van der Waals surface area contributed by atoms with E-state index in [0.29, 0.717) is 29.1 Å². The van der Waals surface area contributed by atoms with Gasteiger partial charge in [-0.05, 0) is 50.3 Å². The molecule has 2 fully saturated rings. The second-order valence-corrected chi connectivity index (χ2v) is 9.66. The average Bonchev–Trinajstić information content (AvgIpc) is 3.25. The molecule has 3 heterocycles. The summed E-state index contributed by atoms with van der Waals surface area (Å²) in [6.07, 6.45) is 3.40. The Kier molecular flexibility index (Phi) is 5.20. The fraction of sp³-hybridized carbons (Fsp3) is 0.571. The molecule has 3 amide bonds. The van der Waals surface area contributed by atoms with Crippen LogP contribution in [0.25, 0.3) is 0 Å². The van der Waals surface area contributed by atoms with Gasteiger partial charge in [-0.1, -0.05) is 24.6 Å². The highest BCUT2D eigenvalue weighted by Gasteiger charge is 2.70. The van der Waals surface area contributed by atoms with E-state index in [-0.39, 0.29) is 29.8 Å². The Morgan fingerprint density at radius 1 is 1.28 bits per heavy atom. The van der Waals surface area contributed by atoms with Crippen molar-refractivity contribution in [3.05, 3.63) is 28.3 Å². The third-order valence-electron chi connectivity index (χ3n) is 6.62. The summed E-state index contributed by atoms with van der Waals surface area (Å²) in [5, 5.41) is 6.79. The summed E-state index contributed by atoms with van der Waals surface area (Å²) in [6.45, 7) is 5.75. The number of anilines is 1. The van der Waals surface area contributed by atoms with Crippen LogP contribution >= 0.6 is 23.4 Å². The van der Waals surface area contributed by atoms with Gasteiger partial charge in [-0.2, -0.15) is 11.8 Å². The minimum absolute atomic E-state index is 0.162. The van der Waals surface area contributed by atoms with Crippen LogP contribution in [0.1, 0.15) is 37.8 Å². The first kappa shape index (κ1) is 20.7. The van der Waals surface area contributed by atoms with Crippen molar-refractivity contribution in [2.75, 3.05) is 17.3 Å². The lowest BCUT2D eigenvalue weighted by Crippen LogP contribution is -2.54. The molecule has 6 nitrogen and oxygen atoms in total. The van der Waals surface area contributed by atoms with Crippen molar-refractivity contribution >= 4 is 46.8 Å². The number of halogens is 1. The van der Waals surface area contributed by atoms with E-state index in [1.165, 1.54) is 4.90 Å².